The summed E-state index contributed by atoms with van der Waals surface area (Å²) in [5, 5.41) is 9.62. The zero-order chi connectivity index (χ0) is 21.6. The summed E-state index contributed by atoms with van der Waals surface area (Å²) in [5.41, 5.74) is 4.46. The number of piperazine rings is 1. The molecule has 3 aromatic rings. The molecule has 0 spiro atoms. The summed E-state index contributed by atoms with van der Waals surface area (Å²) >= 11 is 6.06. The first-order chi connectivity index (χ1) is 15.1. The highest BCUT2D eigenvalue weighted by Crippen LogP contribution is 2.30. The van der Waals surface area contributed by atoms with Gasteiger partial charge in [-0.15, -0.1) is 0 Å². The van der Waals surface area contributed by atoms with E-state index in [1.54, 1.807) is 0 Å². The maximum absolute atomic E-state index is 10.9. The molecule has 0 amide bonds. The molecular weight excluding hydrogens is 414 g/mol. The van der Waals surface area contributed by atoms with Gasteiger partial charge in [0.1, 0.15) is 5.75 Å². The predicted molar refractivity (Wildman–Crippen MR) is 122 cm³/mol. The smallest absolute Gasteiger partial charge is 0.341 e. The standard InChI is InChI=1S/C24H24ClN3O3/c25-20-3-1-18(2-4-20)23-6-5-22(31-17-24(29)30)15-19(23)16-27-11-13-28(14-12-27)21-7-9-26-10-8-21/h1-10,15H,11-14,16-17H2,(H,29,30). The largest absolute Gasteiger partial charge is 0.482 e. The van der Waals surface area contributed by atoms with Crippen molar-refractivity contribution in [3.63, 3.8) is 0 Å². The SMILES string of the molecule is O=C(O)COc1ccc(-c2ccc(Cl)cc2)c(CN2CCN(c3ccncc3)CC2)c1. The molecule has 0 aliphatic carbocycles. The van der Waals surface area contributed by atoms with Crippen molar-refractivity contribution in [1.82, 2.24) is 9.88 Å². The molecule has 0 atom stereocenters. The van der Waals surface area contributed by atoms with Gasteiger partial charge in [-0.3, -0.25) is 9.88 Å². The number of carbonyl (C=O) groups is 1. The van der Waals surface area contributed by atoms with Gasteiger partial charge in [-0.25, -0.2) is 4.79 Å². The molecule has 0 radical (unpaired) electrons. The Bertz CT molecular complexity index is 1020. The van der Waals surface area contributed by atoms with Gasteiger partial charge in [0.05, 0.1) is 0 Å². The third kappa shape index (κ3) is 5.54. The lowest BCUT2D eigenvalue weighted by atomic mass is 9.98. The van der Waals surface area contributed by atoms with Gasteiger partial charge in [0.2, 0.25) is 0 Å². The molecule has 160 valence electrons. The molecule has 1 N–H and O–H groups in total. The van der Waals surface area contributed by atoms with Gasteiger partial charge in [0, 0.05) is 55.8 Å². The summed E-state index contributed by atoms with van der Waals surface area (Å²) in [6.45, 7) is 4.15. The Balaban J connectivity index is 1.51. The summed E-state index contributed by atoms with van der Waals surface area (Å²) in [5.74, 6) is -0.430. The van der Waals surface area contributed by atoms with Crippen molar-refractivity contribution in [2.45, 2.75) is 6.54 Å². The molecular formula is C24H24ClN3O3. The van der Waals surface area contributed by atoms with Crippen molar-refractivity contribution in [3.05, 3.63) is 77.6 Å². The molecule has 1 saturated heterocycles. The fraction of sp³-hybridized carbons (Fsp3) is 0.250. The van der Waals surface area contributed by atoms with Crippen molar-refractivity contribution in [2.24, 2.45) is 0 Å². The predicted octanol–water partition coefficient (Wildman–Crippen LogP) is 4.19. The molecule has 6 nitrogen and oxygen atoms in total. The first kappa shape index (κ1) is 21.2. The highest BCUT2D eigenvalue weighted by Gasteiger charge is 2.19. The maximum Gasteiger partial charge on any atom is 0.341 e. The molecule has 0 saturated carbocycles. The zero-order valence-electron chi connectivity index (χ0n) is 17.1. The Morgan fingerprint density at radius 3 is 2.39 bits per heavy atom. The average Bonchev–Trinajstić information content (AvgIpc) is 2.80. The summed E-state index contributed by atoms with van der Waals surface area (Å²) in [6, 6.07) is 17.6. The van der Waals surface area contributed by atoms with Crippen LogP contribution in [0.4, 0.5) is 5.69 Å². The Morgan fingerprint density at radius 1 is 1.00 bits per heavy atom. The summed E-state index contributed by atoms with van der Waals surface area (Å²) in [4.78, 5) is 19.8. The first-order valence-electron chi connectivity index (χ1n) is 10.2. The summed E-state index contributed by atoms with van der Waals surface area (Å²) < 4.78 is 5.43. The Labute approximate surface area is 186 Å². The normalized spacial score (nSPS) is 14.4. The number of ether oxygens (including phenoxy) is 1. The molecule has 2 aromatic carbocycles. The van der Waals surface area contributed by atoms with E-state index in [-0.39, 0.29) is 6.61 Å². The Kier molecular flexibility index (Phi) is 6.70. The minimum Gasteiger partial charge on any atom is -0.482 e. The van der Waals surface area contributed by atoms with Crippen molar-refractivity contribution >= 4 is 23.3 Å². The molecule has 7 heteroatoms. The van der Waals surface area contributed by atoms with Gasteiger partial charge < -0.3 is 14.7 Å². The van der Waals surface area contributed by atoms with E-state index in [0.717, 1.165) is 49.4 Å². The number of nitrogens with zero attached hydrogens (tertiary/aromatic N) is 3. The number of pyridine rings is 1. The average molecular weight is 438 g/mol. The van der Waals surface area contributed by atoms with E-state index in [9.17, 15) is 4.79 Å². The van der Waals surface area contributed by atoms with Crippen LogP contribution in [0.1, 0.15) is 5.56 Å². The third-order valence-electron chi connectivity index (χ3n) is 5.39. The number of hydrogen-bond acceptors (Lipinski definition) is 5. The fourth-order valence-corrected chi connectivity index (χ4v) is 3.93. The topological polar surface area (TPSA) is 65.9 Å². The number of carboxylic acids is 1. The third-order valence-corrected chi connectivity index (χ3v) is 5.64. The minimum absolute atomic E-state index is 0.357. The lowest BCUT2D eigenvalue weighted by molar-refractivity contribution is -0.139. The number of anilines is 1. The number of halogens is 1. The number of carboxylic acid groups (broad SMARTS) is 1. The van der Waals surface area contributed by atoms with Crippen molar-refractivity contribution in [1.29, 1.82) is 0 Å². The van der Waals surface area contributed by atoms with Crippen LogP contribution in [-0.2, 0) is 11.3 Å². The van der Waals surface area contributed by atoms with Crippen molar-refractivity contribution in [3.8, 4) is 16.9 Å². The van der Waals surface area contributed by atoms with Gasteiger partial charge in [0.15, 0.2) is 6.61 Å². The van der Waals surface area contributed by atoms with Crippen LogP contribution in [0.2, 0.25) is 5.02 Å². The summed E-state index contributed by atoms with van der Waals surface area (Å²) in [7, 11) is 0. The minimum atomic E-state index is -0.990. The number of aromatic nitrogens is 1. The second-order valence-corrected chi connectivity index (χ2v) is 7.91. The van der Waals surface area contributed by atoms with Crippen LogP contribution >= 0.6 is 11.6 Å². The van der Waals surface area contributed by atoms with E-state index in [4.69, 9.17) is 21.4 Å². The molecule has 1 aliphatic heterocycles. The van der Waals surface area contributed by atoms with Crippen molar-refractivity contribution in [2.75, 3.05) is 37.7 Å². The van der Waals surface area contributed by atoms with E-state index in [0.29, 0.717) is 10.8 Å². The molecule has 31 heavy (non-hydrogen) atoms. The summed E-state index contributed by atoms with van der Waals surface area (Å²) in [6.07, 6.45) is 3.64. The van der Waals surface area contributed by atoms with Gasteiger partial charge >= 0.3 is 5.97 Å². The van der Waals surface area contributed by atoms with Crippen LogP contribution in [0.15, 0.2) is 67.0 Å². The quantitative estimate of drug-likeness (QED) is 0.598. The molecule has 0 bridgehead atoms. The van der Waals surface area contributed by atoms with E-state index < -0.39 is 5.97 Å². The number of hydrogen-bond donors (Lipinski definition) is 1. The van der Waals surface area contributed by atoms with Gasteiger partial charge in [0.25, 0.3) is 0 Å². The van der Waals surface area contributed by atoms with E-state index in [2.05, 4.69) is 14.8 Å². The van der Waals surface area contributed by atoms with Crippen molar-refractivity contribution < 1.29 is 14.6 Å². The molecule has 1 aliphatic rings. The maximum atomic E-state index is 10.9. The van der Waals surface area contributed by atoms with Crippen LogP contribution in [0, 0.1) is 0 Å². The highest BCUT2D eigenvalue weighted by molar-refractivity contribution is 6.30. The van der Waals surface area contributed by atoms with Crippen LogP contribution in [0.5, 0.6) is 5.75 Å². The highest BCUT2D eigenvalue weighted by atomic mass is 35.5. The van der Waals surface area contributed by atoms with Crippen LogP contribution in [0.25, 0.3) is 11.1 Å². The number of rotatable bonds is 7. The van der Waals surface area contributed by atoms with Crippen LogP contribution in [-0.4, -0.2) is 53.7 Å². The van der Waals surface area contributed by atoms with Gasteiger partial charge in [-0.1, -0.05) is 29.8 Å². The van der Waals surface area contributed by atoms with Crippen LogP contribution in [0.3, 0.4) is 0 Å². The fourth-order valence-electron chi connectivity index (χ4n) is 3.81. The molecule has 0 unspecified atom stereocenters. The zero-order valence-corrected chi connectivity index (χ0v) is 17.8. The lowest BCUT2D eigenvalue weighted by Gasteiger charge is -2.36. The molecule has 1 fully saturated rings. The Hall–Kier alpha value is -3.09. The van der Waals surface area contributed by atoms with E-state index in [1.165, 1.54) is 5.69 Å². The Morgan fingerprint density at radius 2 is 1.71 bits per heavy atom. The van der Waals surface area contributed by atoms with E-state index in [1.807, 2.05) is 67.0 Å². The first-order valence-corrected chi connectivity index (χ1v) is 10.6. The second kappa shape index (κ2) is 9.81. The van der Waals surface area contributed by atoms with Gasteiger partial charge in [-0.2, -0.15) is 0 Å². The van der Waals surface area contributed by atoms with Gasteiger partial charge in [-0.05, 0) is 53.1 Å². The monoisotopic (exact) mass is 437 g/mol. The molecule has 1 aromatic heterocycles. The lowest BCUT2D eigenvalue weighted by Crippen LogP contribution is -2.46. The second-order valence-electron chi connectivity index (χ2n) is 7.48. The molecule has 4 rings (SSSR count). The van der Waals surface area contributed by atoms with Crippen LogP contribution < -0.4 is 9.64 Å². The van der Waals surface area contributed by atoms with E-state index >= 15 is 0 Å². The number of benzene rings is 2. The molecule has 2 heterocycles. The number of aliphatic carboxylic acids is 1.